The number of amides is 1. The van der Waals surface area contributed by atoms with Crippen LogP contribution in [0.4, 0.5) is 9.39 Å². The molecule has 0 unspecified atom stereocenters. The largest absolute Gasteiger partial charge is 0.504 e. The number of fused-ring (bicyclic) bond motifs is 2. The van der Waals surface area contributed by atoms with Gasteiger partial charge in [0.2, 0.25) is 0 Å². The first kappa shape index (κ1) is 18.9. The van der Waals surface area contributed by atoms with Gasteiger partial charge in [0.1, 0.15) is 27.7 Å². The maximum atomic E-state index is 13.9. The molecule has 0 spiro atoms. The van der Waals surface area contributed by atoms with Crippen molar-refractivity contribution in [3.8, 4) is 17.1 Å². The molecule has 7 nitrogen and oxygen atoms in total. The molecule has 0 aliphatic carbocycles. The van der Waals surface area contributed by atoms with Crippen molar-refractivity contribution in [2.24, 2.45) is 0 Å². The van der Waals surface area contributed by atoms with E-state index >= 15 is 0 Å². The molecule has 3 heterocycles. The Labute approximate surface area is 176 Å². The second-order valence-electron chi connectivity index (χ2n) is 6.68. The van der Waals surface area contributed by atoms with Gasteiger partial charge in [0.05, 0.1) is 5.39 Å². The number of carbonyl (C=O) groups is 2. The van der Waals surface area contributed by atoms with Gasteiger partial charge in [-0.15, -0.1) is 11.3 Å². The highest BCUT2D eigenvalue weighted by Crippen LogP contribution is 2.40. The van der Waals surface area contributed by atoms with Gasteiger partial charge in [-0.3, -0.25) is 4.79 Å². The lowest BCUT2D eigenvalue weighted by molar-refractivity contribution is 0.0699. The second kappa shape index (κ2) is 6.99. The van der Waals surface area contributed by atoms with Crippen LogP contribution in [0.2, 0.25) is 0 Å². The number of carboxylic acid groups (broad SMARTS) is 1. The molecule has 3 aromatic heterocycles. The molecule has 154 valence electrons. The van der Waals surface area contributed by atoms with Crippen LogP contribution >= 0.6 is 11.3 Å². The molecule has 31 heavy (non-hydrogen) atoms. The number of thiophene rings is 1. The lowest BCUT2D eigenvalue weighted by atomic mass is 10.1. The number of phenols is 1. The summed E-state index contributed by atoms with van der Waals surface area (Å²) in [6, 6.07) is 11.9. The van der Waals surface area contributed by atoms with Gasteiger partial charge in [-0.1, -0.05) is 18.2 Å². The zero-order valence-corrected chi connectivity index (χ0v) is 16.3. The SMILES string of the molecule is O=C(Nc1scc(-c2cc3cccc(O)c3o2)c1C(=O)O)c1cc2c(F)cccc2o1. The van der Waals surface area contributed by atoms with Gasteiger partial charge >= 0.3 is 5.97 Å². The fourth-order valence-corrected chi connectivity index (χ4v) is 4.26. The monoisotopic (exact) mass is 437 g/mol. The summed E-state index contributed by atoms with van der Waals surface area (Å²) in [7, 11) is 0. The van der Waals surface area contributed by atoms with Crippen molar-refractivity contribution in [1.29, 1.82) is 0 Å². The Bertz CT molecular complexity index is 1490. The molecular formula is C22H12FNO6S. The van der Waals surface area contributed by atoms with E-state index in [9.17, 15) is 24.2 Å². The fraction of sp³-hybridized carbons (Fsp3) is 0. The summed E-state index contributed by atoms with van der Waals surface area (Å²) >= 11 is 0.995. The smallest absolute Gasteiger partial charge is 0.339 e. The number of halogens is 1. The van der Waals surface area contributed by atoms with Crippen molar-refractivity contribution in [1.82, 2.24) is 0 Å². The summed E-state index contributed by atoms with van der Waals surface area (Å²) in [5.74, 6) is -2.50. The van der Waals surface area contributed by atoms with Gasteiger partial charge in [0.25, 0.3) is 5.91 Å². The summed E-state index contributed by atoms with van der Waals surface area (Å²) in [5, 5.41) is 24.6. The second-order valence-corrected chi connectivity index (χ2v) is 7.56. The van der Waals surface area contributed by atoms with E-state index in [4.69, 9.17) is 8.83 Å². The average molecular weight is 437 g/mol. The molecule has 0 saturated carbocycles. The number of carboxylic acids is 1. The summed E-state index contributed by atoms with van der Waals surface area (Å²) in [6.07, 6.45) is 0. The minimum atomic E-state index is -1.27. The lowest BCUT2D eigenvalue weighted by Crippen LogP contribution is -2.12. The van der Waals surface area contributed by atoms with Crippen molar-refractivity contribution in [2.45, 2.75) is 0 Å². The van der Waals surface area contributed by atoms with Crippen molar-refractivity contribution in [2.75, 3.05) is 5.32 Å². The van der Waals surface area contributed by atoms with Crippen molar-refractivity contribution in [3.05, 3.63) is 71.1 Å². The average Bonchev–Trinajstić information content (AvgIpc) is 3.44. The molecule has 5 aromatic rings. The van der Waals surface area contributed by atoms with E-state index < -0.39 is 17.7 Å². The maximum absolute atomic E-state index is 13.9. The quantitative estimate of drug-likeness (QED) is 0.332. The molecule has 2 aromatic carbocycles. The zero-order chi connectivity index (χ0) is 21.7. The van der Waals surface area contributed by atoms with Gasteiger partial charge in [-0.25, -0.2) is 9.18 Å². The maximum Gasteiger partial charge on any atom is 0.339 e. The van der Waals surface area contributed by atoms with Gasteiger partial charge in [0.15, 0.2) is 17.1 Å². The number of hydrogen-bond donors (Lipinski definition) is 3. The van der Waals surface area contributed by atoms with Gasteiger partial charge in [-0.2, -0.15) is 0 Å². The molecule has 5 rings (SSSR count). The van der Waals surface area contributed by atoms with Gasteiger partial charge in [-0.05, 0) is 24.3 Å². The molecule has 3 N–H and O–H groups in total. The van der Waals surface area contributed by atoms with Crippen LogP contribution in [0.5, 0.6) is 5.75 Å². The van der Waals surface area contributed by atoms with Crippen LogP contribution in [0.15, 0.2) is 62.7 Å². The molecule has 0 aliphatic rings. The fourth-order valence-electron chi connectivity index (χ4n) is 3.33. The van der Waals surface area contributed by atoms with E-state index in [1.807, 2.05) is 0 Å². The Hall–Kier alpha value is -4.11. The van der Waals surface area contributed by atoms with E-state index in [1.54, 1.807) is 18.2 Å². The topological polar surface area (TPSA) is 113 Å². The van der Waals surface area contributed by atoms with Crippen LogP contribution in [0, 0.1) is 5.82 Å². The molecule has 0 bridgehead atoms. The predicted molar refractivity (Wildman–Crippen MR) is 112 cm³/mol. The summed E-state index contributed by atoms with van der Waals surface area (Å²) < 4.78 is 24.9. The van der Waals surface area contributed by atoms with E-state index in [1.165, 1.54) is 35.7 Å². The molecule has 9 heteroatoms. The Kier molecular flexibility index (Phi) is 4.26. The van der Waals surface area contributed by atoms with Gasteiger partial charge < -0.3 is 24.4 Å². The molecule has 0 radical (unpaired) electrons. The van der Waals surface area contributed by atoms with E-state index in [-0.39, 0.29) is 50.0 Å². The first-order valence-electron chi connectivity index (χ1n) is 8.98. The number of benzene rings is 2. The highest BCUT2D eigenvalue weighted by atomic mass is 32.1. The van der Waals surface area contributed by atoms with Gasteiger partial charge in [0, 0.05) is 22.4 Å². The molecule has 0 fully saturated rings. The number of rotatable bonds is 4. The third-order valence-corrected chi connectivity index (χ3v) is 5.65. The van der Waals surface area contributed by atoms with Crippen LogP contribution in [-0.2, 0) is 0 Å². The van der Waals surface area contributed by atoms with Crippen molar-refractivity contribution in [3.63, 3.8) is 0 Å². The normalized spacial score (nSPS) is 11.3. The highest BCUT2D eigenvalue weighted by Gasteiger charge is 2.25. The molecule has 0 saturated heterocycles. The zero-order valence-electron chi connectivity index (χ0n) is 15.5. The number of phenolic OH excluding ortho intramolecular Hbond substituents is 1. The first-order valence-corrected chi connectivity index (χ1v) is 9.86. The molecular weight excluding hydrogens is 425 g/mol. The molecule has 0 atom stereocenters. The minimum Gasteiger partial charge on any atom is -0.504 e. The number of carbonyl (C=O) groups excluding carboxylic acids is 1. The first-order chi connectivity index (χ1) is 14.9. The number of aromatic carboxylic acids is 1. The van der Waals surface area contributed by atoms with Crippen LogP contribution in [0.25, 0.3) is 33.3 Å². The number of anilines is 1. The Balaban J connectivity index is 1.53. The Morgan fingerprint density at radius 2 is 1.87 bits per heavy atom. The summed E-state index contributed by atoms with van der Waals surface area (Å²) in [4.78, 5) is 24.6. The number of para-hydroxylation sites is 1. The third kappa shape index (κ3) is 3.11. The van der Waals surface area contributed by atoms with Crippen LogP contribution in [-0.4, -0.2) is 22.1 Å². The number of aromatic hydroxyl groups is 1. The predicted octanol–water partition coefficient (Wildman–Crippen LogP) is 5.70. The minimum absolute atomic E-state index is 0.0677. The number of hydrogen-bond acceptors (Lipinski definition) is 6. The molecule has 0 aliphatic heterocycles. The van der Waals surface area contributed by atoms with E-state index in [0.29, 0.717) is 5.39 Å². The summed E-state index contributed by atoms with van der Waals surface area (Å²) in [5.41, 5.74) is 0.519. The van der Waals surface area contributed by atoms with Crippen LogP contribution < -0.4 is 5.32 Å². The summed E-state index contributed by atoms with van der Waals surface area (Å²) in [6.45, 7) is 0. The number of nitrogens with one attached hydrogen (secondary N) is 1. The third-order valence-electron chi connectivity index (χ3n) is 4.75. The van der Waals surface area contributed by atoms with Crippen LogP contribution in [0.1, 0.15) is 20.9 Å². The molecule has 1 amide bonds. The lowest BCUT2D eigenvalue weighted by Gasteiger charge is -2.03. The van der Waals surface area contributed by atoms with Crippen molar-refractivity contribution >= 4 is 50.2 Å². The standard InChI is InChI=1S/C22H12FNO6S/c23-13-4-2-6-15-11(13)8-17(29-15)20(26)24-21-18(22(27)28)12(9-31-21)16-7-10-3-1-5-14(25)19(10)30-16/h1-9,25H,(H,24,26)(H,27,28). The Morgan fingerprint density at radius 1 is 1.06 bits per heavy atom. The number of furan rings is 2. The highest BCUT2D eigenvalue weighted by molar-refractivity contribution is 7.15. The van der Waals surface area contributed by atoms with Crippen LogP contribution in [0.3, 0.4) is 0 Å². The Morgan fingerprint density at radius 3 is 2.61 bits per heavy atom. The van der Waals surface area contributed by atoms with E-state index in [2.05, 4.69) is 5.32 Å². The van der Waals surface area contributed by atoms with Crippen molar-refractivity contribution < 1.29 is 33.0 Å². The van der Waals surface area contributed by atoms with E-state index in [0.717, 1.165) is 11.3 Å².